The fraction of sp³-hybridized carbons (Fsp3) is 0.619. The molecule has 1 aliphatic rings. The van der Waals surface area contributed by atoms with E-state index >= 15 is 0 Å². The molecule has 1 fully saturated rings. The molecule has 28 heavy (non-hydrogen) atoms. The van der Waals surface area contributed by atoms with Crippen LogP contribution in [0.15, 0.2) is 29.3 Å². The van der Waals surface area contributed by atoms with Crippen LogP contribution in [0.25, 0.3) is 0 Å². The first-order valence-corrected chi connectivity index (χ1v) is 9.89. The van der Waals surface area contributed by atoms with Crippen molar-refractivity contribution in [2.24, 2.45) is 10.9 Å². The summed E-state index contributed by atoms with van der Waals surface area (Å²) in [6.45, 7) is 10.7. The Kier molecular flexibility index (Phi) is 10.2. The number of guanidine groups is 1. The summed E-state index contributed by atoms with van der Waals surface area (Å²) in [6.07, 6.45) is 1.37. The predicted molar refractivity (Wildman–Crippen MR) is 125 cm³/mol. The van der Waals surface area contributed by atoms with Gasteiger partial charge in [0.2, 0.25) is 5.91 Å². The van der Waals surface area contributed by atoms with Gasteiger partial charge in [-0.1, -0.05) is 45.0 Å². The topological polar surface area (TPSA) is 85.8 Å². The third-order valence-corrected chi connectivity index (χ3v) is 4.59. The molecule has 7 heteroatoms. The van der Waals surface area contributed by atoms with Gasteiger partial charge in [-0.05, 0) is 36.3 Å². The molecule has 2 rings (SSSR count). The summed E-state index contributed by atoms with van der Waals surface area (Å²) in [6, 6.07) is 8.06. The maximum atomic E-state index is 11.6. The number of aliphatic hydroxyl groups is 1. The lowest BCUT2D eigenvalue weighted by Gasteiger charge is -2.20. The first-order valence-electron chi connectivity index (χ1n) is 9.89. The van der Waals surface area contributed by atoms with E-state index in [4.69, 9.17) is 0 Å². The maximum absolute atomic E-state index is 11.6. The predicted octanol–water partition coefficient (Wildman–Crippen LogP) is 2.72. The molecule has 0 aromatic heterocycles. The van der Waals surface area contributed by atoms with Gasteiger partial charge in [-0.15, -0.1) is 24.0 Å². The molecule has 1 unspecified atom stereocenters. The Bertz CT molecular complexity index is 637. The fourth-order valence-electron chi connectivity index (χ4n) is 2.69. The van der Waals surface area contributed by atoms with Gasteiger partial charge in [0.25, 0.3) is 0 Å². The zero-order valence-electron chi connectivity index (χ0n) is 17.4. The minimum absolute atomic E-state index is 0. The Morgan fingerprint density at radius 2 is 1.75 bits per heavy atom. The van der Waals surface area contributed by atoms with E-state index in [1.807, 2.05) is 19.1 Å². The molecular weight excluding hydrogens is 467 g/mol. The number of benzene rings is 1. The lowest BCUT2D eigenvalue weighted by molar-refractivity contribution is -0.122. The minimum atomic E-state index is -0.649. The Labute approximate surface area is 186 Å². The molecule has 1 aliphatic carbocycles. The second-order valence-electron chi connectivity index (χ2n) is 8.10. The number of carbonyl (C=O) groups excluding carboxylic acids is 1. The molecule has 6 nitrogen and oxygen atoms in total. The molecule has 0 saturated heterocycles. The number of halogens is 1. The summed E-state index contributed by atoms with van der Waals surface area (Å²) in [5.74, 6) is 1.02. The van der Waals surface area contributed by atoms with Gasteiger partial charge in [-0.2, -0.15) is 0 Å². The van der Waals surface area contributed by atoms with Crippen LogP contribution in [0.4, 0.5) is 0 Å². The molecule has 0 aliphatic heterocycles. The number of amides is 1. The average Bonchev–Trinajstić information content (AvgIpc) is 3.47. The standard InChI is InChI=1S/C21H34N4O2.HI/c1-5-22-20(24-13-12-23-19(27)16-6-7-16)25-14-18(26)15-8-10-17(11-9-15)21(2,3)4;/h8-11,16,18,26H,5-7,12-14H2,1-4H3,(H,23,27)(H2,22,24,25);1H. The van der Waals surface area contributed by atoms with Crippen molar-refractivity contribution in [3.05, 3.63) is 35.4 Å². The van der Waals surface area contributed by atoms with Crippen LogP contribution in [-0.2, 0) is 10.2 Å². The number of hydrogen-bond acceptors (Lipinski definition) is 3. The van der Waals surface area contributed by atoms with E-state index in [1.165, 1.54) is 5.56 Å². The van der Waals surface area contributed by atoms with Crippen molar-refractivity contribution >= 4 is 35.8 Å². The maximum Gasteiger partial charge on any atom is 0.223 e. The SMILES string of the molecule is CCNC(=NCC(O)c1ccc(C(C)(C)C)cc1)NCCNC(=O)C1CC1.I. The number of nitrogens with one attached hydrogen (secondary N) is 3. The molecule has 0 spiro atoms. The van der Waals surface area contributed by atoms with Crippen molar-refractivity contribution in [2.75, 3.05) is 26.2 Å². The van der Waals surface area contributed by atoms with Crippen LogP contribution in [-0.4, -0.2) is 43.2 Å². The Hall–Kier alpha value is -1.35. The van der Waals surface area contributed by atoms with Crippen LogP contribution in [0.5, 0.6) is 0 Å². The highest BCUT2D eigenvalue weighted by atomic mass is 127. The molecule has 1 amide bonds. The van der Waals surface area contributed by atoms with Crippen LogP contribution in [0, 0.1) is 5.92 Å². The monoisotopic (exact) mass is 502 g/mol. The van der Waals surface area contributed by atoms with Crippen LogP contribution < -0.4 is 16.0 Å². The summed E-state index contributed by atoms with van der Waals surface area (Å²) in [7, 11) is 0. The molecule has 158 valence electrons. The van der Waals surface area contributed by atoms with Gasteiger partial charge < -0.3 is 21.1 Å². The second kappa shape index (κ2) is 11.6. The fourth-order valence-corrected chi connectivity index (χ4v) is 2.69. The van der Waals surface area contributed by atoms with Gasteiger partial charge >= 0.3 is 0 Å². The molecular formula is C21H35IN4O2. The van der Waals surface area contributed by atoms with Crippen LogP contribution in [0.1, 0.15) is 57.8 Å². The first kappa shape index (κ1) is 24.7. The zero-order valence-corrected chi connectivity index (χ0v) is 19.7. The molecule has 0 heterocycles. The van der Waals surface area contributed by atoms with Gasteiger partial charge in [0.15, 0.2) is 5.96 Å². The van der Waals surface area contributed by atoms with Crippen molar-refractivity contribution in [3.8, 4) is 0 Å². The highest BCUT2D eigenvalue weighted by Crippen LogP contribution is 2.28. The number of rotatable bonds is 8. The van der Waals surface area contributed by atoms with E-state index in [0.29, 0.717) is 19.0 Å². The third kappa shape index (κ3) is 8.34. The molecule has 4 N–H and O–H groups in total. The smallest absolute Gasteiger partial charge is 0.223 e. The largest absolute Gasteiger partial charge is 0.386 e. The molecule has 1 aromatic carbocycles. The van der Waals surface area contributed by atoms with E-state index < -0.39 is 6.10 Å². The number of aliphatic imine (C=N–C) groups is 1. The van der Waals surface area contributed by atoms with Crippen molar-refractivity contribution in [1.82, 2.24) is 16.0 Å². The average molecular weight is 502 g/mol. The summed E-state index contributed by atoms with van der Waals surface area (Å²) in [5, 5.41) is 19.7. The van der Waals surface area contributed by atoms with Crippen molar-refractivity contribution in [3.63, 3.8) is 0 Å². The highest BCUT2D eigenvalue weighted by Gasteiger charge is 2.28. The highest BCUT2D eigenvalue weighted by molar-refractivity contribution is 14.0. The van der Waals surface area contributed by atoms with Crippen LogP contribution >= 0.6 is 24.0 Å². The molecule has 1 aromatic rings. The number of nitrogens with zero attached hydrogens (tertiary/aromatic N) is 1. The molecule has 0 radical (unpaired) electrons. The summed E-state index contributed by atoms with van der Waals surface area (Å²) >= 11 is 0. The van der Waals surface area contributed by atoms with Crippen molar-refractivity contribution < 1.29 is 9.90 Å². The van der Waals surface area contributed by atoms with Crippen molar-refractivity contribution in [2.45, 2.75) is 52.1 Å². The third-order valence-electron chi connectivity index (χ3n) is 4.59. The molecule has 1 atom stereocenters. The Balaban J connectivity index is 0.00000392. The van der Waals surface area contributed by atoms with Gasteiger partial charge in [-0.25, -0.2) is 0 Å². The van der Waals surface area contributed by atoms with Crippen LogP contribution in [0.3, 0.4) is 0 Å². The van der Waals surface area contributed by atoms with Gasteiger partial charge in [-0.3, -0.25) is 9.79 Å². The number of carbonyl (C=O) groups is 1. The first-order chi connectivity index (χ1) is 12.8. The Morgan fingerprint density at radius 1 is 1.14 bits per heavy atom. The summed E-state index contributed by atoms with van der Waals surface area (Å²) in [4.78, 5) is 16.1. The van der Waals surface area contributed by atoms with Crippen LogP contribution in [0.2, 0.25) is 0 Å². The van der Waals surface area contributed by atoms with E-state index in [1.54, 1.807) is 0 Å². The van der Waals surface area contributed by atoms with Gasteiger partial charge in [0, 0.05) is 25.6 Å². The zero-order chi connectivity index (χ0) is 19.9. The Morgan fingerprint density at radius 3 is 2.29 bits per heavy atom. The summed E-state index contributed by atoms with van der Waals surface area (Å²) < 4.78 is 0. The van der Waals surface area contributed by atoms with Gasteiger partial charge in [0.05, 0.1) is 12.6 Å². The van der Waals surface area contributed by atoms with Crippen molar-refractivity contribution in [1.29, 1.82) is 0 Å². The van der Waals surface area contributed by atoms with E-state index in [0.717, 1.165) is 24.9 Å². The number of aliphatic hydroxyl groups excluding tert-OH is 1. The quantitative estimate of drug-likeness (QED) is 0.191. The second-order valence-corrected chi connectivity index (χ2v) is 8.10. The van der Waals surface area contributed by atoms with E-state index in [2.05, 4.69) is 53.8 Å². The van der Waals surface area contributed by atoms with Gasteiger partial charge in [0.1, 0.15) is 0 Å². The lowest BCUT2D eigenvalue weighted by Crippen LogP contribution is -2.42. The van der Waals surface area contributed by atoms with E-state index in [-0.39, 0.29) is 47.8 Å². The molecule has 0 bridgehead atoms. The number of hydrogen-bond donors (Lipinski definition) is 4. The minimum Gasteiger partial charge on any atom is -0.386 e. The normalized spacial score (nSPS) is 15.4. The summed E-state index contributed by atoms with van der Waals surface area (Å²) in [5.41, 5.74) is 2.20. The van der Waals surface area contributed by atoms with E-state index in [9.17, 15) is 9.90 Å². The molecule has 1 saturated carbocycles. The lowest BCUT2D eigenvalue weighted by atomic mass is 9.86.